The van der Waals surface area contributed by atoms with Crippen molar-refractivity contribution in [1.82, 2.24) is 46.3 Å². The maximum Gasteiger partial charge on any atom is 0.326 e. The second-order valence-corrected chi connectivity index (χ2v) is 19.4. The number of hydrogen-bond donors (Lipinski definition) is 10. The normalized spacial score (nSPS) is 14.6. The fourth-order valence-corrected chi connectivity index (χ4v) is 8.27. The lowest BCUT2D eigenvalue weighted by atomic mass is 9.82. The van der Waals surface area contributed by atoms with Gasteiger partial charge in [-0.15, -0.1) is 0 Å². The van der Waals surface area contributed by atoms with Crippen molar-refractivity contribution < 1.29 is 83.0 Å². The topological polar surface area (TPSA) is 375 Å². The first-order chi connectivity index (χ1) is 37.5. The van der Waals surface area contributed by atoms with Crippen LogP contribution in [-0.2, 0) is 64.1 Å². The molecular weight excluding hydrogens is 1040 g/mol. The van der Waals surface area contributed by atoms with Crippen LogP contribution in [0, 0.1) is 17.0 Å². The highest BCUT2D eigenvalue weighted by molar-refractivity contribution is 6.14. The molecule has 0 aliphatic carbocycles. The molecule has 25 nitrogen and oxygen atoms in total. The third-order valence-electron chi connectivity index (χ3n) is 12.2. The number of carboxylic acids is 2. The van der Waals surface area contributed by atoms with Crippen LogP contribution in [-0.4, -0.2) is 157 Å². The summed E-state index contributed by atoms with van der Waals surface area (Å²) in [5.74, 6) is -14.6. The summed E-state index contributed by atoms with van der Waals surface area (Å²) in [6.45, 7) is 4.64. The zero-order valence-corrected chi connectivity index (χ0v) is 43.8. The molecular formula is C52H64F2N10O15. The molecule has 0 fully saturated rings. The summed E-state index contributed by atoms with van der Waals surface area (Å²) >= 11 is 0. The lowest BCUT2D eigenvalue weighted by Crippen LogP contribution is -2.58. The number of aliphatic hydroxyl groups is 1. The van der Waals surface area contributed by atoms with Crippen LogP contribution in [0.15, 0.2) is 72.9 Å². The van der Waals surface area contributed by atoms with Gasteiger partial charge in [0.2, 0.25) is 47.3 Å². The van der Waals surface area contributed by atoms with Gasteiger partial charge in [-0.3, -0.25) is 57.6 Å². The number of hydrogen-bond acceptors (Lipinski definition) is 13. The summed E-state index contributed by atoms with van der Waals surface area (Å²) in [6.07, 6.45) is 0.285. The van der Waals surface area contributed by atoms with Crippen LogP contribution in [0.1, 0.15) is 84.0 Å². The van der Waals surface area contributed by atoms with E-state index in [2.05, 4.69) is 26.6 Å². The molecule has 0 radical (unpaired) electrons. The third-order valence-corrected chi connectivity index (χ3v) is 12.2. The summed E-state index contributed by atoms with van der Waals surface area (Å²) in [6, 6.07) is 3.91. The molecule has 2 aromatic carbocycles. The van der Waals surface area contributed by atoms with E-state index in [1.54, 1.807) is 55.8 Å². The third kappa shape index (κ3) is 18.7. The number of rotatable bonds is 29. The summed E-state index contributed by atoms with van der Waals surface area (Å²) in [5, 5.41) is 40.6. The summed E-state index contributed by atoms with van der Waals surface area (Å²) in [7, 11) is 0. The Morgan fingerprint density at radius 3 is 1.99 bits per heavy atom. The van der Waals surface area contributed by atoms with Gasteiger partial charge in [0.1, 0.15) is 55.0 Å². The van der Waals surface area contributed by atoms with E-state index in [0.717, 1.165) is 49.8 Å². The first kappa shape index (κ1) is 61.0. The van der Waals surface area contributed by atoms with Gasteiger partial charge in [-0.05, 0) is 61.9 Å². The standard InChI is InChI=1S/C52H64F2N10O15/c1-28(57-41(68)26-64-42(69)14-15-43(64)70)47(74)58-29(2)48(75)61-37(23-39(55)66)50(77)60-35(49(76)56-19-17-40(67)59-36(51(78)79)13-16-45(72)73)18-20-63(44(71)27-65)46(52(3,4)5)38-21-31(33-22-32(53)11-12-34(33)54)25-62(38)24-30-9-7-6-8-10-30/h6-12,14-15,21-22,25,28-29,35-37,46,65H,13,16-20,23-24,26-27H2,1-5H3,(H2,55,66)(H,56,76)(H,57,68)(H,58,74)(H,59,67)(H,60,77)(H,61,75)(H,72,73)(H,78,79)/t28-,29-,35-,36-,37-,46-/m0/s1/i/hD. The van der Waals surface area contributed by atoms with E-state index < -0.39 is 183 Å². The quantitative estimate of drug-likeness (QED) is 0.0392. The minimum atomic E-state index is -1.89. The van der Waals surface area contributed by atoms with E-state index in [-0.39, 0.29) is 23.0 Å². The number of nitrogens with zero attached hydrogens (tertiary/aromatic N) is 3. The molecule has 0 unspecified atom stereocenters. The molecule has 11 N–H and O–H groups in total. The first-order valence-corrected chi connectivity index (χ1v) is 24.7. The Hall–Kier alpha value is -8.88. The highest BCUT2D eigenvalue weighted by atomic mass is 19.1. The number of imide groups is 1. The van der Waals surface area contributed by atoms with Gasteiger partial charge in [0.15, 0.2) is 1.41 Å². The SMILES string of the molecule is [2H]N(C(=O)CN1C(=O)C=CC1=O)[C@@H](C)C(=O)N[C@@H](C)C(=O)N[C@@H](CC(N)=O)C(=O)N[C@@H](CCN(C(=O)CO)[C@@H](c1cc(-c2cc(F)ccc2F)cn1Cc1ccccc1)C(C)(C)C)C(=O)NCCC(=O)N[C@@H](CCC(=O)O)C(=O)O. The van der Waals surface area contributed by atoms with E-state index in [1.807, 2.05) is 12.1 Å². The second-order valence-electron chi connectivity index (χ2n) is 19.4. The highest BCUT2D eigenvalue weighted by Crippen LogP contribution is 2.41. The molecule has 1 aliphatic heterocycles. The molecule has 3 aromatic rings. The molecule has 2 heterocycles. The van der Waals surface area contributed by atoms with Crippen LogP contribution in [0.5, 0.6) is 0 Å². The van der Waals surface area contributed by atoms with Gasteiger partial charge in [-0.25, -0.2) is 13.6 Å². The van der Waals surface area contributed by atoms with Gasteiger partial charge in [0.05, 0.1) is 12.5 Å². The largest absolute Gasteiger partial charge is 0.481 e. The van der Waals surface area contributed by atoms with Crippen LogP contribution in [0.25, 0.3) is 11.1 Å². The lowest BCUT2D eigenvalue weighted by molar-refractivity contribution is -0.143. The van der Waals surface area contributed by atoms with Crippen molar-refractivity contribution in [3.8, 4) is 11.1 Å². The zero-order valence-electron chi connectivity index (χ0n) is 44.8. The summed E-state index contributed by atoms with van der Waals surface area (Å²) in [4.78, 5) is 155. The van der Waals surface area contributed by atoms with E-state index in [0.29, 0.717) is 10.6 Å². The number of aliphatic hydroxyl groups excluding tert-OH is 1. The van der Waals surface area contributed by atoms with Crippen molar-refractivity contribution in [1.29, 1.82) is 0 Å². The maximum atomic E-state index is 15.4. The Morgan fingerprint density at radius 1 is 0.759 bits per heavy atom. The van der Waals surface area contributed by atoms with Crippen LogP contribution in [0.4, 0.5) is 8.78 Å². The van der Waals surface area contributed by atoms with Gasteiger partial charge >= 0.3 is 11.9 Å². The van der Waals surface area contributed by atoms with Gasteiger partial charge in [-0.2, -0.15) is 0 Å². The molecule has 0 saturated heterocycles. The fourth-order valence-electron chi connectivity index (χ4n) is 8.27. The number of halogens is 2. The number of carbonyl (C=O) groups is 12. The molecule has 10 amide bonds. The Labute approximate surface area is 453 Å². The van der Waals surface area contributed by atoms with E-state index in [1.165, 1.54) is 4.90 Å². The minimum Gasteiger partial charge on any atom is -0.481 e. The van der Waals surface area contributed by atoms with Crippen LogP contribution in [0.2, 0.25) is 1.41 Å². The van der Waals surface area contributed by atoms with Gasteiger partial charge in [0.25, 0.3) is 11.8 Å². The smallest absolute Gasteiger partial charge is 0.326 e. The Morgan fingerprint density at radius 2 is 1.39 bits per heavy atom. The Bertz CT molecular complexity index is 2860. The van der Waals surface area contributed by atoms with Gasteiger partial charge < -0.3 is 62.4 Å². The number of nitrogens with one attached hydrogen (secondary N) is 6. The van der Waals surface area contributed by atoms with Crippen molar-refractivity contribution in [2.75, 3.05) is 26.2 Å². The van der Waals surface area contributed by atoms with Crippen LogP contribution >= 0.6 is 0 Å². The molecule has 6 atom stereocenters. The Balaban J connectivity index is 1.67. The number of aromatic nitrogens is 1. The fraction of sp³-hybridized carbons (Fsp3) is 0.423. The lowest BCUT2D eigenvalue weighted by Gasteiger charge is -2.41. The van der Waals surface area contributed by atoms with Crippen molar-refractivity contribution in [3.05, 3.63) is 95.8 Å². The van der Waals surface area contributed by atoms with Gasteiger partial charge in [0, 0.05) is 67.6 Å². The molecule has 0 bridgehead atoms. The highest BCUT2D eigenvalue weighted by Gasteiger charge is 2.39. The number of carbonyl (C=O) groups excluding carboxylic acids is 10. The monoisotopic (exact) mass is 1110 g/mol. The van der Waals surface area contributed by atoms with E-state index in [9.17, 15) is 72.1 Å². The number of benzene rings is 2. The molecule has 4 rings (SSSR count). The summed E-state index contributed by atoms with van der Waals surface area (Å²) < 4.78 is 39.8. The van der Waals surface area contributed by atoms with Crippen LogP contribution < -0.4 is 37.6 Å². The second kappa shape index (κ2) is 28.5. The van der Waals surface area contributed by atoms with Crippen molar-refractivity contribution >= 4 is 71.0 Å². The molecule has 426 valence electrons. The van der Waals surface area contributed by atoms with Gasteiger partial charge in [-0.1, -0.05) is 51.1 Å². The van der Waals surface area contributed by atoms with E-state index >= 15 is 4.39 Å². The van der Waals surface area contributed by atoms with E-state index in [4.69, 9.17) is 12.3 Å². The van der Waals surface area contributed by atoms with Crippen molar-refractivity contribution in [2.45, 2.75) is 110 Å². The molecule has 1 aromatic heterocycles. The predicted molar refractivity (Wildman–Crippen MR) is 274 cm³/mol. The average molecular weight is 1110 g/mol. The number of amides is 10. The zero-order chi connectivity index (χ0) is 59.8. The summed E-state index contributed by atoms with van der Waals surface area (Å²) in [5.41, 5.74) is 5.71. The van der Waals surface area contributed by atoms with Crippen molar-refractivity contribution in [2.24, 2.45) is 11.1 Å². The predicted octanol–water partition coefficient (Wildman–Crippen LogP) is -0.500. The molecule has 79 heavy (non-hydrogen) atoms. The number of primary amides is 1. The maximum absolute atomic E-state index is 15.4. The average Bonchev–Trinajstić information content (AvgIpc) is 4.10. The number of nitrogens with two attached hydrogens (primary N) is 1. The molecule has 1 aliphatic rings. The molecule has 0 saturated carbocycles. The Kier molecular flexibility index (Phi) is 22.0. The molecule has 27 heteroatoms. The minimum absolute atomic E-state index is 0.113. The number of aliphatic carboxylic acids is 2. The first-order valence-electron chi connectivity index (χ1n) is 25.1. The van der Waals surface area contributed by atoms with Crippen LogP contribution in [0.3, 0.4) is 0 Å². The number of carboxylic acid groups (broad SMARTS) is 2. The van der Waals surface area contributed by atoms with Crippen molar-refractivity contribution in [3.63, 3.8) is 0 Å². The molecule has 0 spiro atoms.